The SMILES string of the molecule is CC(C)(C)c1ccc(Cc2c(Cc3ccc(C(C)(C)C)cc3)c(Cc3ccc(C(C)(C)C)cc3)c(Cc3ccc(C(C)(C)C)cc3)c(Cc3ccc(C(C)(C)C)cc3)c2Cc2ccc(C(C)(C)C)cc2)cc1. The van der Waals surface area contributed by atoms with Gasteiger partial charge in [-0.1, -0.05) is 270 Å². The van der Waals surface area contributed by atoms with Crippen molar-refractivity contribution in [2.75, 3.05) is 0 Å². The summed E-state index contributed by atoms with van der Waals surface area (Å²) >= 11 is 0. The van der Waals surface area contributed by atoms with E-state index in [1.807, 2.05) is 0 Å². The van der Waals surface area contributed by atoms with E-state index in [1.165, 1.54) is 100 Å². The van der Waals surface area contributed by atoms with Crippen molar-refractivity contribution in [1.82, 2.24) is 0 Å². The molecule has 7 aromatic carbocycles. The molecule has 7 aromatic rings. The van der Waals surface area contributed by atoms with Gasteiger partial charge in [-0.05, 0) is 171 Å². The predicted molar refractivity (Wildman–Crippen MR) is 314 cm³/mol. The zero-order valence-electron chi connectivity index (χ0n) is 48.1. The van der Waals surface area contributed by atoms with Crippen LogP contribution >= 0.6 is 0 Å². The Labute approximate surface area is 439 Å². The Balaban J connectivity index is 1.60. The van der Waals surface area contributed by atoms with Crippen LogP contribution in [0.2, 0.25) is 0 Å². The van der Waals surface area contributed by atoms with Crippen LogP contribution in [0.4, 0.5) is 0 Å². The molecule has 378 valence electrons. The number of benzene rings is 7. The second kappa shape index (κ2) is 20.8. The lowest BCUT2D eigenvalue weighted by Crippen LogP contribution is -2.18. The van der Waals surface area contributed by atoms with Crippen LogP contribution < -0.4 is 0 Å². The van der Waals surface area contributed by atoms with Gasteiger partial charge in [-0.2, -0.15) is 0 Å². The molecule has 0 heterocycles. The van der Waals surface area contributed by atoms with E-state index in [9.17, 15) is 0 Å². The van der Waals surface area contributed by atoms with E-state index in [-0.39, 0.29) is 32.5 Å². The van der Waals surface area contributed by atoms with E-state index in [0.717, 1.165) is 38.5 Å². The van der Waals surface area contributed by atoms with Crippen molar-refractivity contribution in [2.45, 2.75) is 196 Å². The van der Waals surface area contributed by atoms with E-state index in [1.54, 1.807) is 0 Å². The van der Waals surface area contributed by atoms with Gasteiger partial charge in [0.1, 0.15) is 0 Å². The molecule has 72 heavy (non-hydrogen) atoms. The summed E-state index contributed by atoms with van der Waals surface area (Å²) in [4.78, 5) is 0. The van der Waals surface area contributed by atoms with Crippen LogP contribution in [-0.4, -0.2) is 0 Å². The van der Waals surface area contributed by atoms with Gasteiger partial charge in [0, 0.05) is 0 Å². The van der Waals surface area contributed by atoms with Crippen LogP contribution in [0.15, 0.2) is 146 Å². The summed E-state index contributed by atoms with van der Waals surface area (Å²) < 4.78 is 0. The van der Waals surface area contributed by atoms with Crippen molar-refractivity contribution < 1.29 is 0 Å². The molecule has 0 aliphatic carbocycles. The Morgan fingerprint density at radius 1 is 0.167 bits per heavy atom. The van der Waals surface area contributed by atoms with Crippen LogP contribution in [-0.2, 0) is 71.0 Å². The van der Waals surface area contributed by atoms with Crippen LogP contribution in [0.5, 0.6) is 0 Å². The van der Waals surface area contributed by atoms with Crippen molar-refractivity contribution in [2.24, 2.45) is 0 Å². The minimum Gasteiger partial charge on any atom is -0.0584 e. The fraction of sp³-hybridized carbons (Fsp3) is 0.417. The average Bonchev–Trinajstić information content (AvgIpc) is 3.29. The largest absolute Gasteiger partial charge is 0.0584 e. The lowest BCUT2D eigenvalue weighted by molar-refractivity contribution is 0.589. The lowest BCUT2D eigenvalue weighted by Gasteiger charge is -2.29. The fourth-order valence-corrected chi connectivity index (χ4v) is 10.3. The van der Waals surface area contributed by atoms with E-state index < -0.39 is 0 Å². The Morgan fingerprint density at radius 3 is 0.347 bits per heavy atom. The first-order chi connectivity index (χ1) is 33.4. The second-order valence-electron chi connectivity index (χ2n) is 27.6. The fourth-order valence-electron chi connectivity index (χ4n) is 10.3. The molecule has 0 saturated carbocycles. The molecule has 0 amide bonds. The van der Waals surface area contributed by atoms with Crippen LogP contribution in [0.25, 0.3) is 0 Å². The summed E-state index contributed by atoms with van der Waals surface area (Å²) in [5.74, 6) is 0. The number of rotatable bonds is 12. The maximum atomic E-state index is 2.42. The Morgan fingerprint density at radius 2 is 0.264 bits per heavy atom. The van der Waals surface area contributed by atoms with Crippen molar-refractivity contribution in [3.8, 4) is 0 Å². The molecule has 0 aromatic heterocycles. The Bertz CT molecular complexity index is 2340. The zero-order valence-corrected chi connectivity index (χ0v) is 48.1. The smallest absolute Gasteiger partial charge is 0.00199 e. The molecular weight excluding hydrogens is 865 g/mol. The van der Waals surface area contributed by atoms with Crippen molar-refractivity contribution in [3.05, 3.63) is 246 Å². The molecule has 0 N–H and O–H groups in total. The standard InChI is InChI=1S/C72H90/c1-67(2,3)55-31-19-49(20-32-55)43-61-62(44-50-21-33-56(34-22-50)68(4,5)6)64(46-52-25-37-58(38-26-52)70(10,11)12)66(48-54-29-41-60(42-30-54)72(16,17)18)65(47-53-27-39-59(40-28-53)71(13,14)15)63(61)45-51-23-35-57(36-24-51)69(7,8)9/h19-42H,43-48H2,1-18H3. The average molecular weight is 956 g/mol. The summed E-state index contributed by atoms with van der Waals surface area (Å²) in [6, 6.07) is 57.7. The van der Waals surface area contributed by atoms with Crippen molar-refractivity contribution in [3.63, 3.8) is 0 Å². The van der Waals surface area contributed by atoms with E-state index in [2.05, 4.69) is 270 Å². The molecule has 7 rings (SSSR count). The van der Waals surface area contributed by atoms with E-state index in [4.69, 9.17) is 0 Å². The topological polar surface area (TPSA) is 0 Å². The number of hydrogen-bond acceptors (Lipinski definition) is 0. The van der Waals surface area contributed by atoms with Gasteiger partial charge in [-0.15, -0.1) is 0 Å². The molecule has 0 saturated heterocycles. The summed E-state index contributed by atoms with van der Waals surface area (Å²) in [6.07, 6.45) is 5.18. The Kier molecular flexibility index (Phi) is 15.7. The monoisotopic (exact) mass is 955 g/mol. The van der Waals surface area contributed by atoms with Gasteiger partial charge in [-0.25, -0.2) is 0 Å². The van der Waals surface area contributed by atoms with Gasteiger partial charge in [0.05, 0.1) is 0 Å². The van der Waals surface area contributed by atoms with E-state index >= 15 is 0 Å². The van der Waals surface area contributed by atoms with Gasteiger partial charge < -0.3 is 0 Å². The van der Waals surface area contributed by atoms with Crippen LogP contribution in [0, 0.1) is 0 Å². The zero-order chi connectivity index (χ0) is 52.6. The minimum absolute atomic E-state index is 0.0748. The summed E-state index contributed by atoms with van der Waals surface area (Å²) in [7, 11) is 0. The summed E-state index contributed by atoms with van der Waals surface area (Å²) in [5.41, 5.74) is 25.8. The molecule has 0 heteroatoms. The van der Waals surface area contributed by atoms with Gasteiger partial charge in [0.25, 0.3) is 0 Å². The minimum atomic E-state index is 0.0748. The third kappa shape index (κ3) is 13.6. The van der Waals surface area contributed by atoms with Crippen LogP contribution in [0.3, 0.4) is 0 Å². The highest BCUT2D eigenvalue weighted by molar-refractivity contribution is 5.60. The quantitative estimate of drug-likeness (QED) is 0.114. The molecule has 0 nitrogen and oxygen atoms in total. The van der Waals surface area contributed by atoms with Gasteiger partial charge in [0.2, 0.25) is 0 Å². The van der Waals surface area contributed by atoms with Gasteiger partial charge in [0.15, 0.2) is 0 Å². The highest BCUT2D eigenvalue weighted by Gasteiger charge is 2.27. The second-order valence-corrected chi connectivity index (χ2v) is 27.6. The van der Waals surface area contributed by atoms with Gasteiger partial charge in [-0.3, -0.25) is 0 Å². The first kappa shape index (κ1) is 54.3. The lowest BCUT2D eigenvalue weighted by atomic mass is 9.75. The molecule has 0 atom stereocenters. The van der Waals surface area contributed by atoms with Crippen LogP contribution in [0.1, 0.15) is 225 Å². The van der Waals surface area contributed by atoms with E-state index in [0.29, 0.717) is 0 Å². The predicted octanol–water partition coefficient (Wildman–Crippen LogP) is 19.0. The Hall–Kier alpha value is -5.46. The first-order valence-electron chi connectivity index (χ1n) is 27.2. The van der Waals surface area contributed by atoms with Crippen molar-refractivity contribution in [1.29, 1.82) is 0 Å². The maximum absolute atomic E-state index is 2.42. The highest BCUT2D eigenvalue weighted by Crippen LogP contribution is 2.40. The third-order valence-corrected chi connectivity index (χ3v) is 15.4. The molecule has 0 spiro atoms. The van der Waals surface area contributed by atoms with Crippen molar-refractivity contribution >= 4 is 0 Å². The summed E-state index contributed by atoms with van der Waals surface area (Å²) in [6.45, 7) is 41.8. The molecule has 0 aliphatic heterocycles. The molecule has 0 fully saturated rings. The number of hydrogen-bond donors (Lipinski definition) is 0. The summed E-state index contributed by atoms with van der Waals surface area (Å²) in [5, 5.41) is 0. The third-order valence-electron chi connectivity index (χ3n) is 15.4. The normalized spacial score (nSPS) is 12.9. The maximum Gasteiger partial charge on any atom is -0.00199 e. The van der Waals surface area contributed by atoms with Gasteiger partial charge >= 0.3 is 0 Å². The molecule has 0 bridgehead atoms. The molecular formula is C72H90. The highest BCUT2D eigenvalue weighted by atomic mass is 14.3. The molecule has 0 radical (unpaired) electrons. The molecule has 0 aliphatic rings. The first-order valence-corrected chi connectivity index (χ1v) is 27.2. The molecule has 0 unspecified atom stereocenters.